The summed E-state index contributed by atoms with van der Waals surface area (Å²) in [6.45, 7) is 0.461. The van der Waals surface area contributed by atoms with Crippen molar-refractivity contribution < 1.29 is 19.3 Å². The third kappa shape index (κ3) is 5.28. The van der Waals surface area contributed by atoms with Gasteiger partial charge in [-0.15, -0.1) is 0 Å². The second kappa shape index (κ2) is 9.95. The first-order valence-electron chi connectivity index (χ1n) is 9.40. The molecule has 0 saturated heterocycles. The number of para-hydroxylation sites is 2. The lowest BCUT2D eigenvalue weighted by molar-refractivity contribution is 0.103. The van der Waals surface area contributed by atoms with Crippen LogP contribution in [0.5, 0.6) is 17.2 Å². The number of nitrogens with zero attached hydrogens (tertiary/aromatic N) is 2. The molecule has 0 radical (unpaired) electrons. The van der Waals surface area contributed by atoms with Crippen LogP contribution in [0.3, 0.4) is 0 Å². The fourth-order valence-corrected chi connectivity index (χ4v) is 3.07. The van der Waals surface area contributed by atoms with Crippen LogP contribution in [0.15, 0.2) is 60.9 Å². The number of methoxy groups -OCH3 is 2. The number of benzene rings is 2. The number of aryl methyl sites for hydroxylation is 1. The molecule has 0 amide bonds. The van der Waals surface area contributed by atoms with Gasteiger partial charge < -0.3 is 29.2 Å². The molecule has 2 atom stereocenters. The molecule has 154 valence electrons. The molecule has 3 rings (SSSR count). The average molecular weight is 397 g/mol. The lowest BCUT2D eigenvalue weighted by atomic mass is 10.1. The summed E-state index contributed by atoms with van der Waals surface area (Å²) in [7, 11) is 5.17. The molecule has 1 aromatic heterocycles. The number of nitrogens with one attached hydrogen (secondary N) is 1. The van der Waals surface area contributed by atoms with E-state index in [4.69, 9.17) is 14.2 Å². The van der Waals surface area contributed by atoms with Crippen molar-refractivity contribution in [1.82, 2.24) is 14.9 Å². The maximum Gasteiger partial charge on any atom is 0.161 e. The minimum absolute atomic E-state index is 0.138. The third-order valence-corrected chi connectivity index (χ3v) is 4.60. The second-order valence-corrected chi connectivity index (χ2v) is 6.63. The predicted octanol–water partition coefficient (Wildman–Crippen LogP) is 2.56. The first-order chi connectivity index (χ1) is 14.1. The zero-order valence-corrected chi connectivity index (χ0v) is 16.9. The first kappa shape index (κ1) is 20.7. The van der Waals surface area contributed by atoms with E-state index in [1.54, 1.807) is 20.4 Å². The van der Waals surface area contributed by atoms with Gasteiger partial charge in [-0.25, -0.2) is 4.98 Å². The van der Waals surface area contributed by atoms with E-state index < -0.39 is 6.10 Å². The maximum absolute atomic E-state index is 10.5. The van der Waals surface area contributed by atoms with E-state index in [2.05, 4.69) is 10.3 Å². The van der Waals surface area contributed by atoms with Crippen molar-refractivity contribution in [2.75, 3.05) is 27.4 Å². The van der Waals surface area contributed by atoms with E-state index in [1.807, 2.05) is 66.3 Å². The van der Waals surface area contributed by atoms with Gasteiger partial charge in [-0.05, 0) is 29.8 Å². The van der Waals surface area contributed by atoms with Gasteiger partial charge in [0.1, 0.15) is 24.3 Å². The molecular formula is C22H27N3O4. The van der Waals surface area contributed by atoms with Crippen molar-refractivity contribution in [2.24, 2.45) is 7.05 Å². The van der Waals surface area contributed by atoms with E-state index in [1.165, 1.54) is 0 Å². The molecule has 7 nitrogen and oxygen atoms in total. The van der Waals surface area contributed by atoms with E-state index >= 15 is 0 Å². The van der Waals surface area contributed by atoms with Crippen LogP contribution in [0, 0.1) is 0 Å². The number of ether oxygens (including phenoxy) is 3. The monoisotopic (exact) mass is 397 g/mol. The predicted molar refractivity (Wildman–Crippen MR) is 111 cm³/mol. The van der Waals surface area contributed by atoms with Crippen LogP contribution in [-0.4, -0.2) is 48.1 Å². The molecule has 0 spiro atoms. The smallest absolute Gasteiger partial charge is 0.161 e. The number of hydrogen-bond acceptors (Lipinski definition) is 6. The van der Waals surface area contributed by atoms with Gasteiger partial charge in [0, 0.05) is 26.0 Å². The van der Waals surface area contributed by atoms with Gasteiger partial charge in [-0.2, -0.15) is 0 Å². The summed E-state index contributed by atoms with van der Waals surface area (Å²) >= 11 is 0. The fourth-order valence-electron chi connectivity index (χ4n) is 3.07. The number of aromatic nitrogens is 2. The molecule has 0 aliphatic rings. The van der Waals surface area contributed by atoms with Crippen LogP contribution in [0.25, 0.3) is 0 Å². The Bertz CT molecular complexity index is 912. The molecule has 0 fully saturated rings. The fraction of sp³-hybridized carbons (Fsp3) is 0.318. The first-order valence-corrected chi connectivity index (χ1v) is 9.40. The molecule has 0 aliphatic carbocycles. The van der Waals surface area contributed by atoms with Crippen LogP contribution >= 0.6 is 0 Å². The SMILES string of the molecule is COc1cccc(C(NCC(O)COc2ccccc2OC)c2nccn2C)c1. The van der Waals surface area contributed by atoms with Crippen molar-refractivity contribution in [3.63, 3.8) is 0 Å². The van der Waals surface area contributed by atoms with E-state index in [0.29, 0.717) is 18.0 Å². The van der Waals surface area contributed by atoms with Crippen LogP contribution < -0.4 is 19.5 Å². The zero-order valence-electron chi connectivity index (χ0n) is 16.9. The molecule has 7 heteroatoms. The minimum Gasteiger partial charge on any atom is -0.497 e. The number of hydrogen-bond donors (Lipinski definition) is 2. The summed E-state index contributed by atoms with van der Waals surface area (Å²) in [5, 5.41) is 13.9. The highest BCUT2D eigenvalue weighted by Crippen LogP contribution is 2.26. The molecule has 2 aromatic carbocycles. The number of imidazole rings is 1. The average Bonchev–Trinajstić information content (AvgIpc) is 3.18. The Morgan fingerprint density at radius 3 is 2.55 bits per heavy atom. The molecule has 0 bridgehead atoms. The summed E-state index contributed by atoms with van der Waals surface area (Å²) in [6.07, 6.45) is 2.94. The molecule has 0 aliphatic heterocycles. The quantitative estimate of drug-likeness (QED) is 0.548. The van der Waals surface area contributed by atoms with Crippen molar-refractivity contribution >= 4 is 0 Å². The Morgan fingerprint density at radius 2 is 1.86 bits per heavy atom. The number of aliphatic hydroxyl groups is 1. The van der Waals surface area contributed by atoms with Crippen molar-refractivity contribution in [3.8, 4) is 17.2 Å². The highest BCUT2D eigenvalue weighted by molar-refractivity contribution is 5.39. The minimum atomic E-state index is -0.715. The summed E-state index contributed by atoms with van der Waals surface area (Å²) in [5.41, 5.74) is 0.997. The highest BCUT2D eigenvalue weighted by atomic mass is 16.5. The molecule has 0 saturated carbocycles. The van der Waals surface area contributed by atoms with Gasteiger partial charge in [-0.3, -0.25) is 0 Å². The zero-order chi connectivity index (χ0) is 20.6. The lowest BCUT2D eigenvalue weighted by Gasteiger charge is -2.22. The second-order valence-electron chi connectivity index (χ2n) is 6.63. The summed E-state index contributed by atoms with van der Waals surface area (Å²) in [6, 6.07) is 15.0. The van der Waals surface area contributed by atoms with Gasteiger partial charge >= 0.3 is 0 Å². The van der Waals surface area contributed by atoms with Crippen molar-refractivity contribution in [1.29, 1.82) is 0 Å². The van der Waals surface area contributed by atoms with E-state index in [-0.39, 0.29) is 12.6 Å². The Kier molecular flexibility index (Phi) is 7.10. The third-order valence-electron chi connectivity index (χ3n) is 4.60. The Labute approximate surface area is 170 Å². The van der Waals surface area contributed by atoms with Gasteiger partial charge in [0.25, 0.3) is 0 Å². The standard InChI is InChI=1S/C22H27N3O4/c1-25-12-11-23-22(25)21(16-7-6-8-18(13-16)27-2)24-14-17(26)15-29-20-10-5-4-9-19(20)28-3/h4-13,17,21,24,26H,14-15H2,1-3H3. The summed E-state index contributed by atoms with van der Waals surface area (Å²) in [4.78, 5) is 4.47. The Hall–Kier alpha value is -3.03. The molecular weight excluding hydrogens is 370 g/mol. The van der Waals surface area contributed by atoms with Crippen LogP contribution in [0.2, 0.25) is 0 Å². The van der Waals surface area contributed by atoms with E-state index in [9.17, 15) is 5.11 Å². The highest BCUT2D eigenvalue weighted by Gasteiger charge is 2.20. The molecule has 3 aromatic rings. The van der Waals surface area contributed by atoms with Gasteiger partial charge in [-0.1, -0.05) is 24.3 Å². The normalized spacial score (nSPS) is 13.0. The van der Waals surface area contributed by atoms with Crippen molar-refractivity contribution in [3.05, 3.63) is 72.3 Å². The number of rotatable bonds is 10. The Morgan fingerprint density at radius 1 is 1.07 bits per heavy atom. The van der Waals surface area contributed by atoms with Gasteiger partial charge in [0.2, 0.25) is 0 Å². The van der Waals surface area contributed by atoms with Crippen LogP contribution in [0.4, 0.5) is 0 Å². The van der Waals surface area contributed by atoms with Crippen molar-refractivity contribution in [2.45, 2.75) is 12.1 Å². The molecule has 2 unspecified atom stereocenters. The lowest BCUT2D eigenvalue weighted by Crippen LogP contribution is -2.35. The van der Waals surface area contributed by atoms with Gasteiger partial charge in [0.05, 0.1) is 20.3 Å². The Balaban J connectivity index is 1.67. The summed E-state index contributed by atoms with van der Waals surface area (Å²) < 4.78 is 18.3. The largest absolute Gasteiger partial charge is 0.497 e. The van der Waals surface area contributed by atoms with E-state index in [0.717, 1.165) is 17.1 Å². The van der Waals surface area contributed by atoms with Crippen LogP contribution in [-0.2, 0) is 7.05 Å². The maximum atomic E-state index is 10.5. The molecule has 2 N–H and O–H groups in total. The molecule has 1 heterocycles. The van der Waals surface area contributed by atoms with Crippen LogP contribution in [0.1, 0.15) is 17.4 Å². The summed E-state index contributed by atoms with van der Waals surface area (Å²) in [5.74, 6) is 2.84. The topological polar surface area (TPSA) is 77.8 Å². The van der Waals surface area contributed by atoms with Gasteiger partial charge in [0.15, 0.2) is 11.5 Å². The number of aliphatic hydroxyl groups excluding tert-OH is 1. The molecule has 29 heavy (non-hydrogen) atoms.